The highest BCUT2D eigenvalue weighted by Crippen LogP contribution is 2.31. The monoisotopic (exact) mass is 222 g/mol. The van der Waals surface area contributed by atoms with Crippen LogP contribution in [0.25, 0.3) is 5.57 Å². The largest absolute Gasteiger partial charge is 0.508 e. The number of aromatic hydroxyl groups is 1. The third-order valence-electron chi connectivity index (χ3n) is 2.65. The number of benzene rings is 1. The summed E-state index contributed by atoms with van der Waals surface area (Å²) in [7, 11) is 0. The highest BCUT2D eigenvalue weighted by Gasteiger charge is 2.17. The van der Waals surface area contributed by atoms with E-state index in [4.69, 9.17) is 0 Å². The van der Waals surface area contributed by atoms with E-state index in [0.717, 1.165) is 0 Å². The van der Waals surface area contributed by atoms with Crippen molar-refractivity contribution in [1.82, 2.24) is 0 Å². The molecule has 0 aliphatic heterocycles. The van der Waals surface area contributed by atoms with Crippen molar-refractivity contribution in [2.24, 2.45) is 0 Å². The molecule has 1 aromatic carbocycles. The van der Waals surface area contributed by atoms with Crippen molar-refractivity contribution in [3.63, 3.8) is 0 Å². The molecule has 1 unspecified atom stereocenters. The Bertz CT molecular complexity index is 475. The summed E-state index contributed by atoms with van der Waals surface area (Å²) in [6.45, 7) is 1.74. The Morgan fingerprint density at radius 3 is 2.75 bits per heavy atom. The number of allylic oxidation sites excluding steroid dienone is 4. The van der Waals surface area contributed by atoms with Gasteiger partial charge in [0.05, 0.1) is 0 Å². The molecule has 1 aromatic rings. The predicted octanol–water partition coefficient (Wildman–Crippen LogP) is 3.68. The van der Waals surface area contributed by atoms with Crippen LogP contribution in [0.4, 0.5) is 8.78 Å². The number of hydrogen-bond acceptors (Lipinski definition) is 1. The van der Waals surface area contributed by atoms with E-state index in [0.29, 0.717) is 16.7 Å². The molecule has 1 aliphatic rings. The normalized spacial score (nSPS) is 20.3. The van der Waals surface area contributed by atoms with Gasteiger partial charge in [-0.15, -0.1) is 0 Å². The molecule has 16 heavy (non-hydrogen) atoms. The van der Waals surface area contributed by atoms with E-state index in [2.05, 4.69) is 0 Å². The summed E-state index contributed by atoms with van der Waals surface area (Å²) in [5.74, 6) is -0.270. The van der Waals surface area contributed by atoms with Crippen LogP contribution in [0.15, 0.2) is 36.2 Å². The predicted molar refractivity (Wildman–Crippen MR) is 59.5 cm³/mol. The second-order valence-electron chi connectivity index (χ2n) is 3.90. The van der Waals surface area contributed by atoms with Gasteiger partial charge in [-0.3, -0.25) is 0 Å². The molecule has 0 saturated carbocycles. The molecule has 84 valence electrons. The fourth-order valence-electron chi connectivity index (χ4n) is 1.72. The lowest BCUT2D eigenvalue weighted by Crippen LogP contribution is -2.02. The molecule has 1 aliphatic carbocycles. The van der Waals surface area contributed by atoms with Gasteiger partial charge in [-0.25, -0.2) is 8.78 Å². The summed E-state index contributed by atoms with van der Waals surface area (Å²) in [6.07, 6.45) is 1.36. The molecule has 0 heterocycles. The summed E-state index contributed by atoms with van der Waals surface area (Å²) >= 11 is 0. The highest BCUT2D eigenvalue weighted by molar-refractivity contribution is 5.77. The van der Waals surface area contributed by atoms with Gasteiger partial charge in [0, 0.05) is 12.0 Å². The maximum Gasteiger partial charge on any atom is 0.125 e. The Kier molecular flexibility index (Phi) is 2.77. The fourth-order valence-corrected chi connectivity index (χ4v) is 1.72. The van der Waals surface area contributed by atoms with E-state index < -0.39 is 12.0 Å². The first kappa shape index (κ1) is 10.9. The lowest BCUT2D eigenvalue weighted by molar-refractivity contribution is 0.371. The molecule has 2 rings (SSSR count). The Labute approximate surface area is 92.7 Å². The molecule has 0 fully saturated rings. The van der Waals surface area contributed by atoms with Crippen molar-refractivity contribution in [3.05, 3.63) is 47.3 Å². The quantitative estimate of drug-likeness (QED) is 0.768. The van der Waals surface area contributed by atoms with Crippen LogP contribution in [0.3, 0.4) is 0 Å². The van der Waals surface area contributed by atoms with E-state index in [1.807, 2.05) is 0 Å². The molecule has 0 amide bonds. The number of aryl methyl sites for hydroxylation is 1. The van der Waals surface area contributed by atoms with Crippen molar-refractivity contribution in [2.45, 2.75) is 19.5 Å². The van der Waals surface area contributed by atoms with Gasteiger partial charge < -0.3 is 5.11 Å². The van der Waals surface area contributed by atoms with Crippen LogP contribution in [-0.2, 0) is 0 Å². The number of phenolic OH excluding ortho intramolecular Hbond substituents is 1. The summed E-state index contributed by atoms with van der Waals surface area (Å²) in [5.41, 5.74) is 1.74. The van der Waals surface area contributed by atoms with E-state index in [1.165, 1.54) is 18.2 Å². The van der Waals surface area contributed by atoms with Gasteiger partial charge in [0.1, 0.15) is 17.7 Å². The average molecular weight is 222 g/mol. The number of hydrogen-bond donors (Lipinski definition) is 1. The zero-order chi connectivity index (χ0) is 11.7. The molecule has 0 aromatic heterocycles. The maximum absolute atomic E-state index is 13.5. The Hall–Kier alpha value is -1.64. The number of phenols is 1. The molecular formula is C13H12F2O. The highest BCUT2D eigenvalue weighted by atomic mass is 19.1. The minimum Gasteiger partial charge on any atom is -0.508 e. The molecule has 0 saturated heterocycles. The van der Waals surface area contributed by atoms with Crippen LogP contribution in [0.2, 0.25) is 0 Å². The van der Waals surface area contributed by atoms with Crippen molar-refractivity contribution < 1.29 is 13.9 Å². The average Bonchev–Trinajstić information content (AvgIpc) is 2.22. The Balaban J connectivity index is 2.42. The van der Waals surface area contributed by atoms with Crippen LogP contribution in [0, 0.1) is 6.92 Å². The lowest BCUT2D eigenvalue weighted by atomic mass is 9.96. The summed E-state index contributed by atoms with van der Waals surface area (Å²) in [4.78, 5) is 0. The SMILES string of the molecule is Cc1cc(C2=C(F)CC(F)C=C2)ccc1O. The molecule has 1 N–H and O–H groups in total. The van der Waals surface area contributed by atoms with Crippen LogP contribution in [-0.4, -0.2) is 11.3 Å². The van der Waals surface area contributed by atoms with E-state index in [-0.39, 0.29) is 12.2 Å². The van der Waals surface area contributed by atoms with Crippen molar-refractivity contribution in [1.29, 1.82) is 0 Å². The third kappa shape index (κ3) is 1.98. The van der Waals surface area contributed by atoms with E-state index >= 15 is 0 Å². The molecular weight excluding hydrogens is 210 g/mol. The van der Waals surface area contributed by atoms with Gasteiger partial charge in [0.15, 0.2) is 0 Å². The number of alkyl halides is 1. The molecule has 0 bridgehead atoms. The van der Waals surface area contributed by atoms with Crippen molar-refractivity contribution in [3.8, 4) is 5.75 Å². The van der Waals surface area contributed by atoms with Gasteiger partial charge in [-0.05, 0) is 36.3 Å². The second kappa shape index (κ2) is 4.08. The van der Waals surface area contributed by atoms with Gasteiger partial charge >= 0.3 is 0 Å². The second-order valence-corrected chi connectivity index (χ2v) is 3.90. The van der Waals surface area contributed by atoms with Gasteiger partial charge in [0.2, 0.25) is 0 Å². The van der Waals surface area contributed by atoms with Crippen LogP contribution < -0.4 is 0 Å². The molecule has 1 nitrogen and oxygen atoms in total. The van der Waals surface area contributed by atoms with Gasteiger partial charge in [-0.1, -0.05) is 12.1 Å². The van der Waals surface area contributed by atoms with Crippen LogP contribution in [0.1, 0.15) is 17.5 Å². The molecule has 3 heteroatoms. The minimum absolute atomic E-state index is 0.174. The zero-order valence-corrected chi connectivity index (χ0v) is 8.87. The first-order valence-corrected chi connectivity index (χ1v) is 5.09. The van der Waals surface area contributed by atoms with E-state index in [9.17, 15) is 13.9 Å². The van der Waals surface area contributed by atoms with Crippen molar-refractivity contribution >= 4 is 5.57 Å². The van der Waals surface area contributed by atoms with Crippen LogP contribution in [0.5, 0.6) is 5.75 Å². The smallest absolute Gasteiger partial charge is 0.125 e. The summed E-state index contributed by atoms with van der Waals surface area (Å²) < 4.78 is 26.4. The Morgan fingerprint density at radius 2 is 2.12 bits per heavy atom. The maximum atomic E-state index is 13.5. The first-order valence-electron chi connectivity index (χ1n) is 5.09. The van der Waals surface area contributed by atoms with Gasteiger partial charge in [0.25, 0.3) is 0 Å². The van der Waals surface area contributed by atoms with Crippen LogP contribution >= 0.6 is 0 Å². The zero-order valence-electron chi connectivity index (χ0n) is 8.87. The number of halogens is 2. The molecule has 0 radical (unpaired) electrons. The molecule has 0 spiro atoms. The Morgan fingerprint density at radius 1 is 1.38 bits per heavy atom. The number of rotatable bonds is 1. The third-order valence-corrected chi connectivity index (χ3v) is 2.65. The summed E-state index contributed by atoms with van der Waals surface area (Å²) in [5, 5.41) is 9.36. The van der Waals surface area contributed by atoms with Crippen molar-refractivity contribution in [2.75, 3.05) is 0 Å². The fraction of sp³-hybridized carbons (Fsp3) is 0.231. The van der Waals surface area contributed by atoms with E-state index in [1.54, 1.807) is 19.1 Å². The summed E-state index contributed by atoms with van der Waals surface area (Å²) in [6, 6.07) is 4.83. The van der Waals surface area contributed by atoms with Gasteiger partial charge in [-0.2, -0.15) is 0 Å². The first-order chi connectivity index (χ1) is 7.58. The topological polar surface area (TPSA) is 20.2 Å². The lowest BCUT2D eigenvalue weighted by Gasteiger charge is -2.13. The minimum atomic E-state index is -1.23. The molecule has 1 atom stereocenters. The standard InChI is InChI=1S/C13H12F2O/c1-8-6-9(2-5-13(8)16)11-4-3-10(14)7-12(11)15/h2-6,10,16H,7H2,1H3.